The van der Waals surface area contributed by atoms with Gasteiger partial charge in [0.25, 0.3) is 5.92 Å². The van der Waals surface area contributed by atoms with Crippen LogP contribution in [0, 0.1) is 23.2 Å². The lowest BCUT2D eigenvalue weighted by Crippen LogP contribution is -2.49. The van der Waals surface area contributed by atoms with Gasteiger partial charge in [-0.3, -0.25) is 9.69 Å². The summed E-state index contributed by atoms with van der Waals surface area (Å²) in [5, 5.41) is 32.9. The van der Waals surface area contributed by atoms with E-state index in [1.807, 2.05) is 32.0 Å². The number of hydrogen-bond donors (Lipinski definition) is 3. The number of nitriles is 1. The first-order chi connectivity index (χ1) is 19.8. The van der Waals surface area contributed by atoms with Crippen molar-refractivity contribution in [1.82, 2.24) is 15.1 Å². The van der Waals surface area contributed by atoms with E-state index in [9.17, 15) is 33.7 Å². The van der Waals surface area contributed by atoms with E-state index in [-0.39, 0.29) is 44.4 Å². The van der Waals surface area contributed by atoms with Gasteiger partial charge in [0.2, 0.25) is 5.91 Å². The summed E-state index contributed by atoms with van der Waals surface area (Å²) in [5.74, 6) is -5.52. The molecule has 4 atom stereocenters. The number of benzene rings is 1. The molecule has 3 N–H and O–H groups in total. The topological polar surface area (TPSA) is 139 Å². The van der Waals surface area contributed by atoms with Crippen LogP contribution >= 0.6 is 0 Å². The molecule has 1 aromatic heterocycles. The van der Waals surface area contributed by atoms with Crippen molar-refractivity contribution in [2.24, 2.45) is 11.8 Å². The van der Waals surface area contributed by atoms with Gasteiger partial charge in [-0.2, -0.15) is 5.26 Å². The summed E-state index contributed by atoms with van der Waals surface area (Å²) < 4.78 is 38.5. The largest absolute Gasteiger partial charge is 0.475 e. The molecule has 1 aromatic carbocycles. The van der Waals surface area contributed by atoms with Crippen molar-refractivity contribution in [3.05, 3.63) is 36.1 Å². The number of furan rings is 1. The smallest absolute Gasteiger partial charge is 0.464 e. The Morgan fingerprint density at radius 2 is 2.05 bits per heavy atom. The number of hydrogen-bond acceptors (Lipinski definition) is 8. The SMILES string of the molecule is CC(CC(C)(C)N1CCC(F)(F)C1)C(C#N)C(=O)N1CCC[C@@H]1COC(=O)N[C@@H](Cc1coc2ccccc12)B(O)O. The molecule has 0 saturated carbocycles. The fourth-order valence-electron chi connectivity index (χ4n) is 6.21. The van der Waals surface area contributed by atoms with Crippen molar-refractivity contribution in [3.63, 3.8) is 0 Å². The summed E-state index contributed by atoms with van der Waals surface area (Å²) in [4.78, 5) is 29.4. The van der Waals surface area contributed by atoms with Gasteiger partial charge >= 0.3 is 13.2 Å². The number of rotatable bonds is 11. The zero-order valence-corrected chi connectivity index (χ0v) is 24.3. The zero-order chi connectivity index (χ0) is 30.7. The Hall–Kier alpha value is -3.21. The van der Waals surface area contributed by atoms with E-state index in [0.29, 0.717) is 37.0 Å². The summed E-state index contributed by atoms with van der Waals surface area (Å²) in [6.07, 6.45) is 2.16. The van der Waals surface area contributed by atoms with Crippen LogP contribution in [0.2, 0.25) is 0 Å². The molecule has 2 aromatic rings. The third kappa shape index (κ3) is 7.40. The molecule has 2 aliphatic rings. The first kappa shape index (κ1) is 31.7. The average molecular weight is 588 g/mol. The highest BCUT2D eigenvalue weighted by molar-refractivity contribution is 6.43. The van der Waals surface area contributed by atoms with Crippen molar-refractivity contribution in [2.75, 3.05) is 26.2 Å². The Morgan fingerprint density at radius 3 is 2.71 bits per heavy atom. The number of carbonyl (C=O) groups excluding carboxylic acids is 2. The summed E-state index contributed by atoms with van der Waals surface area (Å²) in [5.41, 5.74) is 0.713. The van der Waals surface area contributed by atoms with Crippen molar-refractivity contribution >= 4 is 30.1 Å². The highest BCUT2D eigenvalue weighted by atomic mass is 19.3. The summed E-state index contributed by atoms with van der Waals surface area (Å²) in [7, 11) is -1.86. The van der Waals surface area contributed by atoms with Crippen LogP contribution in [0.3, 0.4) is 0 Å². The van der Waals surface area contributed by atoms with E-state index in [2.05, 4.69) is 11.4 Å². The van der Waals surface area contributed by atoms with Gasteiger partial charge in [-0.15, -0.1) is 0 Å². The van der Waals surface area contributed by atoms with E-state index in [1.165, 1.54) is 6.26 Å². The molecule has 42 heavy (non-hydrogen) atoms. The quantitative estimate of drug-likeness (QED) is 0.340. The second-order valence-electron chi connectivity index (χ2n) is 12.2. The molecule has 2 unspecified atom stereocenters. The lowest BCUT2D eigenvalue weighted by atomic mass is 9.76. The van der Waals surface area contributed by atoms with Gasteiger partial charge in [0.1, 0.15) is 18.1 Å². The molecule has 2 saturated heterocycles. The third-order valence-electron chi connectivity index (χ3n) is 8.55. The van der Waals surface area contributed by atoms with Crippen LogP contribution < -0.4 is 5.32 Å². The predicted octanol–water partition coefficient (Wildman–Crippen LogP) is 3.36. The number of nitrogens with one attached hydrogen (secondary N) is 1. The molecule has 0 radical (unpaired) electrons. The number of amides is 2. The summed E-state index contributed by atoms with van der Waals surface area (Å²) in [6.45, 7) is 5.73. The molecular weight excluding hydrogens is 549 g/mol. The number of fused-ring (bicyclic) bond motifs is 1. The Kier molecular flexibility index (Phi) is 9.80. The molecule has 2 aliphatic heterocycles. The lowest BCUT2D eigenvalue weighted by Gasteiger charge is -2.38. The Bertz CT molecular complexity index is 1300. The molecule has 2 fully saturated rings. The van der Waals surface area contributed by atoms with E-state index in [0.717, 1.165) is 5.39 Å². The Morgan fingerprint density at radius 1 is 1.31 bits per heavy atom. The van der Waals surface area contributed by atoms with E-state index >= 15 is 0 Å². The highest BCUT2D eigenvalue weighted by Crippen LogP contribution is 2.36. The molecule has 10 nitrogen and oxygen atoms in total. The number of likely N-dealkylation sites (tertiary alicyclic amines) is 2. The van der Waals surface area contributed by atoms with Gasteiger partial charge in [-0.1, -0.05) is 25.1 Å². The fourth-order valence-corrected chi connectivity index (χ4v) is 6.21. The molecule has 0 spiro atoms. The zero-order valence-electron chi connectivity index (χ0n) is 24.3. The minimum atomic E-state index is -2.73. The third-order valence-corrected chi connectivity index (χ3v) is 8.55. The summed E-state index contributed by atoms with van der Waals surface area (Å²) in [6, 6.07) is 8.95. The van der Waals surface area contributed by atoms with Gasteiger partial charge < -0.3 is 29.4 Å². The lowest BCUT2D eigenvalue weighted by molar-refractivity contribution is -0.137. The van der Waals surface area contributed by atoms with E-state index < -0.39 is 42.6 Å². The number of alkyl carbamates (subject to hydrolysis) is 1. The average Bonchev–Trinajstić information content (AvgIpc) is 3.65. The van der Waals surface area contributed by atoms with Crippen LogP contribution in [0.25, 0.3) is 11.0 Å². The standard InChI is InChI=1S/C29H39BF2N4O6/c1-19(14-28(2,3)35-12-10-29(31,32)18-35)23(15-33)26(37)36-11-6-7-21(36)17-42-27(38)34-25(30(39)40)13-20-16-41-24-9-5-4-8-22(20)24/h4-5,8-9,16,19,21,23,25,39-40H,6-7,10-14,17-18H2,1-3H3,(H,34,38)/t19?,21-,23?,25+/m1/s1. The molecule has 3 heterocycles. The minimum absolute atomic E-state index is 0.0883. The van der Waals surface area contributed by atoms with Crippen LogP contribution in [0.4, 0.5) is 13.6 Å². The second kappa shape index (κ2) is 13.0. The maximum Gasteiger partial charge on any atom is 0.475 e. The number of para-hydroxylation sites is 1. The van der Waals surface area contributed by atoms with Crippen LogP contribution in [-0.2, 0) is 16.0 Å². The van der Waals surface area contributed by atoms with Crippen molar-refractivity contribution in [3.8, 4) is 6.07 Å². The van der Waals surface area contributed by atoms with E-state index in [4.69, 9.17) is 9.15 Å². The number of alkyl halides is 2. The maximum atomic E-state index is 13.8. The molecule has 4 rings (SSSR count). The number of carbonyl (C=O) groups is 2. The van der Waals surface area contributed by atoms with Gasteiger partial charge in [-0.25, -0.2) is 13.6 Å². The molecular formula is C29H39BF2N4O6. The molecule has 2 amide bonds. The maximum absolute atomic E-state index is 13.8. The van der Waals surface area contributed by atoms with Crippen LogP contribution in [0.15, 0.2) is 34.9 Å². The van der Waals surface area contributed by atoms with Crippen molar-refractivity contribution in [1.29, 1.82) is 5.26 Å². The van der Waals surface area contributed by atoms with Gasteiger partial charge in [0.05, 0.1) is 30.9 Å². The van der Waals surface area contributed by atoms with Crippen molar-refractivity contribution in [2.45, 2.75) is 76.3 Å². The second-order valence-corrected chi connectivity index (χ2v) is 12.2. The first-order valence-electron chi connectivity index (χ1n) is 14.4. The number of halogens is 2. The number of nitrogens with zero attached hydrogens (tertiary/aromatic N) is 3. The van der Waals surface area contributed by atoms with Crippen LogP contribution in [0.5, 0.6) is 0 Å². The normalized spacial score (nSPS) is 21.1. The van der Waals surface area contributed by atoms with Gasteiger partial charge in [0.15, 0.2) is 0 Å². The first-order valence-corrected chi connectivity index (χ1v) is 14.4. The predicted molar refractivity (Wildman–Crippen MR) is 151 cm³/mol. The van der Waals surface area contributed by atoms with Crippen LogP contribution in [-0.4, -0.2) is 88.7 Å². The summed E-state index contributed by atoms with van der Waals surface area (Å²) >= 11 is 0. The molecule has 228 valence electrons. The van der Waals surface area contributed by atoms with Gasteiger partial charge in [0, 0.05) is 30.4 Å². The highest BCUT2D eigenvalue weighted by Gasteiger charge is 2.45. The minimum Gasteiger partial charge on any atom is -0.464 e. The Labute approximate surface area is 244 Å². The molecule has 0 bridgehead atoms. The fraction of sp³-hybridized carbons (Fsp3) is 0.621. The number of ether oxygens (including phenoxy) is 1. The van der Waals surface area contributed by atoms with Crippen molar-refractivity contribution < 1.29 is 37.6 Å². The Balaban J connectivity index is 1.32. The monoisotopic (exact) mass is 588 g/mol. The van der Waals surface area contributed by atoms with Gasteiger partial charge in [-0.05, 0) is 57.1 Å². The molecule has 13 heteroatoms. The molecule has 0 aliphatic carbocycles. The van der Waals surface area contributed by atoms with E-state index in [1.54, 1.807) is 22.8 Å². The van der Waals surface area contributed by atoms with Crippen LogP contribution in [0.1, 0.15) is 52.0 Å².